The van der Waals surface area contributed by atoms with E-state index in [2.05, 4.69) is 40.4 Å². The third-order valence-corrected chi connectivity index (χ3v) is 4.00. The van der Waals surface area contributed by atoms with Gasteiger partial charge < -0.3 is 14.6 Å². The average molecular weight is 266 g/mol. The van der Waals surface area contributed by atoms with Crippen LogP contribution in [0.3, 0.4) is 0 Å². The molecule has 0 radical (unpaired) electrons. The predicted octanol–water partition coefficient (Wildman–Crippen LogP) is 0.442. The fraction of sp³-hybridized carbons (Fsp3) is 0.786. The second kappa shape index (κ2) is 6.50. The highest BCUT2D eigenvalue weighted by molar-refractivity contribution is 4.97. The molecule has 1 N–H and O–H groups in total. The van der Waals surface area contributed by atoms with Gasteiger partial charge in [0.25, 0.3) is 0 Å². The van der Waals surface area contributed by atoms with E-state index in [1.54, 1.807) is 0 Å². The summed E-state index contributed by atoms with van der Waals surface area (Å²) in [7, 11) is 4.21. The Hall–Kier alpha value is -0.910. The highest BCUT2D eigenvalue weighted by Crippen LogP contribution is 2.14. The van der Waals surface area contributed by atoms with Crippen LogP contribution < -0.4 is 0 Å². The molecule has 1 fully saturated rings. The van der Waals surface area contributed by atoms with E-state index in [1.165, 1.54) is 0 Å². The van der Waals surface area contributed by atoms with E-state index >= 15 is 0 Å². The molecule has 0 saturated carbocycles. The number of aliphatic hydroxyl groups is 1. The largest absolute Gasteiger partial charge is 0.391 e. The van der Waals surface area contributed by atoms with Crippen LogP contribution in [0.2, 0.25) is 0 Å². The van der Waals surface area contributed by atoms with Crippen LogP contribution in [0.15, 0.2) is 12.4 Å². The molecule has 2 atom stereocenters. The summed E-state index contributed by atoms with van der Waals surface area (Å²) in [5, 5.41) is 10.5. The van der Waals surface area contributed by atoms with E-state index in [0.717, 1.165) is 38.4 Å². The Kier molecular flexibility index (Phi) is 4.96. The van der Waals surface area contributed by atoms with Crippen molar-refractivity contribution in [1.82, 2.24) is 19.4 Å². The van der Waals surface area contributed by atoms with Crippen molar-refractivity contribution < 1.29 is 5.11 Å². The molecule has 0 spiro atoms. The quantitative estimate of drug-likeness (QED) is 0.840. The molecule has 2 unspecified atom stereocenters. The molecule has 19 heavy (non-hydrogen) atoms. The van der Waals surface area contributed by atoms with E-state index < -0.39 is 0 Å². The number of aromatic nitrogens is 2. The zero-order chi connectivity index (χ0) is 13.8. The Bertz CT molecular complexity index is 393. The molecular weight excluding hydrogens is 240 g/mol. The average Bonchev–Trinajstić information content (AvgIpc) is 2.80. The predicted molar refractivity (Wildman–Crippen MR) is 76.1 cm³/mol. The first kappa shape index (κ1) is 14.5. The van der Waals surface area contributed by atoms with Gasteiger partial charge in [0, 0.05) is 51.0 Å². The van der Waals surface area contributed by atoms with Crippen molar-refractivity contribution in [3.63, 3.8) is 0 Å². The number of rotatable bonds is 5. The molecule has 108 valence electrons. The first-order valence-electron chi connectivity index (χ1n) is 7.18. The van der Waals surface area contributed by atoms with Crippen molar-refractivity contribution in [2.75, 3.05) is 33.7 Å². The number of hydrogen-bond donors (Lipinski definition) is 1. The monoisotopic (exact) mass is 266 g/mol. The number of aliphatic hydroxyl groups excluding tert-OH is 1. The molecule has 2 rings (SSSR count). The van der Waals surface area contributed by atoms with E-state index in [0.29, 0.717) is 6.42 Å². The van der Waals surface area contributed by atoms with E-state index in [-0.39, 0.29) is 12.1 Å². The lowest BCUT2D eigenvalue weighted by Crippen LogP contribution is -2.55. The lowest BCUT2D eigenvalue weighted by atomic mass is 10.0. The van der Waals surface area contributed by atoms with Gasteiger partial charge in [-0.2, -0.15) is 0 Å². The van der Waals surface area contributed by atoms with E-state index in [9.17, 15) is 5.11 Å². The van der Waals surface area contributed by atoms with Crippen molar-refractivity contribution >= 4 is 0 Å². The number of aryl methyl sites for hydroxylation is 1. The van der Waals surface area contributed by atoms with Crippen molar-refractivity contribution in [3.8, 4) is 0 Å². The fourth-order valence-corrected chi connectivity index (χ4v) is 2.76. The third-order valence-electron chi connectivity index (χ3n) is 4.00. The summed E-state index contributed by atoms with van der Waals surface area (Å²) in [5.74, 6) is 0.996. The van der Waals surface area contributed by atoms with E-state index in [4.69, 9.17) is 0 Å². The lowest BCUT2D eigenvalue weighted by Gasteiger charge is -2.40. The summed E-state index contributed by atoms with van der Waals surface area (Å²) >= 11 is 0. The van der Waals surface area contributed by atoms with Crippen molar-refractivity contribution in [1.29, 1.82) is 0 Å². The Morgan fingerprint density at radius 2 is 2.21 bits per heavy atom. The molecule has 5 heteroatoms. The lowest BCUT2D eigenvalue weighted by molar-refractivity contribution is 0.0140. The minimum absolute atomic E-state index is 0.200. The van der Waals surface area contributed by atoms with Gasteiger partial charge in [-0.1, -0.05) is 6.92 Å². The van der Waals surface area contributed by atoms with Crippen LogP contribution in [0.1, 0.15) is 19.2 Å². The number of imidazole rings is 1. The van der Waals surface area contributed by atoms with Crippen LogP contribution in [-0.4, -0.2) is 70.3 Å². The van der Waals surface area contributed by atoms with Gasteiger partial charge in [-0.05, 0) is 20.5 Å². The zero-order valence-electron chi connectivity index (χ0n) is 12.3. The highest BCUT2D eigenvalue weighted by Gasteiger charge is 2.29. The molecule has 1 aliphatic heterocycles. The molecule has 5 nitrogen and oxygen atoms in total. The van der Waals surface area contributed by atoms with Gasteiger partial charge in [0.2, 0.25) is 0 Å². The molecule has 1 aliphatic rings. The summed E-state index contributed by atoms with van der Waals surface area (Å²) in [6.45, 7) is 6.14. The van der Waals surface area contributed by atoms with Gasteiger partial charge >= 0.3 is 0 Å². The van der Waals surface area contributed by atoms with Crippen LogP contribution >= 0.6 is 0 Å². The van der Waals surface area contributed by atoms with Gasteiger partial charge in [-0.15, -0.1) is 0 Å². The standard InChI is InChI=1S/C14H26N4O/c1-4-6-18-7-5-15-14(18)10-13(19)12-11-16(2)8-9-17(12)3/h5,7,12-13,19H,4,6,8-11H2,1-3H3. The Balaban J connectivity index is 1.99. The maximum absolute atomic E-state index is 10.5. The molecule has 1 saturated heterocycles. The Morgan fingerprint density at radius 1 is 1.42 bits per heavy atom. The van der Waals surface area contributed by atoms with Gasteiger partial charge in [0.15, 0.2) is 0 Å². The van der Waals surface area contributed by atoms with Crippen LogP contribution in [0.5, 0.6) is 0 Å². The van der Waals surface area contributed by atoms with Gasteiger partial charge in [-0.25, -0.2) is 4.98 Å². The van der Waals surface area contributed by atoms with Crippen LogP contribution in [0, 0.1) is 0 Å². The van der Waals surface area contributed by atoms with Gasteiger partial charge in [0.1, 0.15) is 5.82 Å². The summed E-state index contributed by atoms with van der Waals surface area (Å²) in [6.07, 6.45) is 5.20. The molecule has 1 aromatic rings. The molecule has 0 bridgehead atoms. The van der Waals surface area contributed by atoms with Gasteiger partial charge in [-0.3, -0.25) is 4.90 Å². The topological polar surface area (TPSA) is 44.5 Å². The molecule has 0 amide bonds. The van der Waals surface area contributed by atoms with Crippen molar-refractivity contribution in [2.24, 2.45) is 0 Å². The number of nitrogens with zero attached hydrogens (tertiary/aromatic N) is 4. The summed E-state index contributed by atoms with van der Waals surface area (Å²) in [6, 6.07) is 0.200. The zero-order valence-corrected chi connectivity index (χ0v) is 12.3. The van der Waals surface area contributed by atoms with Crippen LogP contribution in [0.25, 0.3) is 0 Å². The first-order chi connectivity index (χ1) is 9.11. The molecular formula is C14H26N4O. The second-order valence-electron chi connectivity index (χ2n) is 5.62. The fourth-order valence-electron chi connectivity index (χ4n) is 2.76. The Labute approximate surface area is 115 Å². The van der Waals surface area contributed by atoms with Crippen LogP contribution in [0.4, 0.5) is 0 Å². The summed E-state index contributed by atoms with van der Waals surface area (Å²) < 4.78 is 2.15. The smallest absolute Gasteiger partial charge is 0.111 e. The second-order valence-corrected chi connectivity index (χ2v) is 5.62. The van der Waals surface area contributed by atoms with Crippen molar-refractivity contribution in [3.05, 3.63) is 18.2 Å². The minimum atomic E-state index is -0.356. The maximum Gasteiger partial charge on any atom is 0.111 e. The number of likely N-dealkylation sites (N-methyl/N-ethyl adjacent to an activating group) is 2. The van der Waals surface area contributed by atoms with E-state index in [1.807, 2.05) is 12.4 Å². The third kappa shape index (κ3) is 3.55. The molecule has 1 aromatic heterocycles. The number of hydrogen-bond acceptors (Lipinski definition) is 4. The molecule has 0 aromatic carbocycles. The Morgan fingerprint density at radius 3 is 2.95 bits per heavy atom. The minimum Gasteiger partial charge on any atom is -0.391 e. The molecule has 2 heterocycles. The molecule has 0 aliphatic carbocycles. The maximum atomic E-state index is 10.5. The van der Waals surface area contributed by atoms with Gasteiger partial charge in [0.05, 0.1) is 6.10 Å². The first-order valence-corrected chi connectivity index (χ1v) is 7.18. The van der Waals surface area contributed by atoms with Crippen LogP contribution in [-0.2, 0) is 13.0 Å². The SMILES string of the molecule is CCCn1ccnc1CC(O)C1CN(C)CCN1C. The highest BCUT2D eigenvalue weighted by atomic mass is 16.3. The summed E-state index contributed by atoms with van der Waals surface area (Å²) in [5.41, 5.74) is 0. The normalized spacial score (nSPS) is 23.7. The number of piperazine rings is 1. The summed E-state index contributed by atoms with van der Waals surface area (Å²) in [4.78, 5) is 8.93. The van der Waals surface area contributed by atoms with Crippen molar-refractivity contribution in [2.45, 2.75) is 38.5 Å².